The maximum Gasteiger partial charge on any atom is 0.243 e. The Morgan fingerprint density at radius 1 is 1.18 bits per heavy atom. The lowest BCUT2D eigenvalue weighted by molar-refractivity contribution is -0.138. The fraction of sp³-hybridized carbons (Fsp3) is 0.615. The summed E-state index contributed by atoms with van der Waals surface area (Å²) in [5, 5.41) is 5.77. The van der Waals surface area contributed by atoms with Crippen LogP contribution in [-0.4, -0.2) is 51.2 Å². The Labute approximate surface area is 202 Å². The molecule has 0 bridgehead atoms. The molecule has 8 nitrogen and oxygen atoms in total. The van der Waals surface area contributed by atoms with E-state index in [2.05, 4.69) is 34.4 Å². The SMILES string of the molecule is Cc1cccc2[nH]c([C@H](C)NC(=O)[C@H](CC(=O)N3CCCC[C@@H]3C)NC(=O)CCC(C)C)nc12. The number of amides is 3. The summed E-state index contributed by atoms with van der Waals surface area (Å²) in [4.78, 5) is 48.6. The molecule has 0 aliphatic carbocycles. The highest BCUT2D eigenvalue weighted by Crippen LogP contribution is 2.20. The predicted octanol–water partition coefficient (Wildman–Crippen LogP) is 3.76. The van der Waals surface area contributed by atoms with Crippen LogP contribution in [0, 0.1) is 12.8 Å². The van der Waals surface area contributed by atoms with E-state index in [4.69, 9.17) is 0 Å². The number of fused-ring (bicyclic) bond motifs is 1. The quantitative estimate of drug-likeness (QED) is 0.520. The first kappa shape index (κ1) is 25.7. The number of carbonyl (C=O) groups is 3. The third-order valence-corrected chi connectivity index (χ3v) is 6.60. The normalized spacial score (nSPS) is 18.1. The maximum atomic E-state index is 13.2. The Morgan fingerprint density at radius 2 is 1.94 bits per heavy atom. The summed E-state index contributed by atoms with van der Waals surface area (Å²) < 4.78 is 0. The molecule has 2 heterocycles. The standard InChI is InChI=1S/C26H39N5O3/c1-16(2)12-13-22(32)28-21(15-23(33)31-14-7-6-10-18(31)4)26(34)27-19(5)25-29-20-11-8-9-17(3)24(20)30-25/h8-9,11,16,18-19,21H,6-7,10,12-15H2,1-5H3,(H,27,34)(H,28,32)(H,29,30)/t18-,19-,21-/m0/s1. The number of aromatic nitrogens is 2. The number of aromatic amines is 1. The number of piperidine rings is 1. The molecule has 2 aromatic rings. The van der Waals surface area contributed by atoms with Crippen molar-refractivity contribution in [3.63, 3.8) is 0 Å². The van der Waals surface area contributed by atoms with Gasteiger partial charge in [0.1, 0.15) is 11.9 Å². The number of H-pyrrole nitrogens is 1. The first-order chi connectivity index (χ1) is 16.2. The first-order valence-electron chi connectivity index (χ1n) is 12.5. The molecular formula is C26H39N5O3. The predicted molar refractivity (Wildman–Crippen MR) is 133 cm³/mol. The maximum absolute atomic E-state index is 13.2. The fourth-order valence-corrected chi connectivity index (χ4v) is 4.44. The molecule has 8 heteroatoms. The number of rotatable bonds is 9. The smallest absolute Gasteiger partial charge is 0.243 e. The summed E-state index contributed by atoms with van der Waals surface area (Å²) in [6, 6.07) is 4.72. The number of benzene rings is 1. The average molecular weight is 470 g/mol. The van der Waals surface area contributed by atoms with E-state index < -0.39 is 12.1 Å². The van der Waals surface area contributed by atoms with Gasteiger partial charge in [0, 0.05) is 19.0 Å². The van der Waals surface area contributed by atoms with E-state index in [0.717, 1.165) is 42.3 Å². The van der Waals surface area contributed by atoms with E-state index in [9.17, 15) is 14.4 Å². The highest BCUT2D eigenvalue weighted by Gasteiger charge is 2.30. The van der Waals surface area contributed by atoms with Crippen molar-refractivity contribution in [1.29, 1.82) is 0 Å². The van der Waals surface area contributed by atoms with Gasteiger partial charge in [-0.1, -0.05) is 26.0 Å². The van der Waals surface area contributed by atoms with Crippen molar-refractivity contribution in [3.8, 4) is 0 Å². The van der Waals surface area contributed by atoms with E-state index in [1.165, 1.54) is 0 Å². The molecule has 1 fully saturated rings. The summed E-state index contributed by atoms with van der Waals surface area (Å²) in [6.07, 6.45) is 4.05. The van der Waals surface area contributed by atoms with Gasteiger partial charge in [-0.3, -0.25) is 14.4 Å². The molecule has 3 N–H and O–H groups in total. The Kier molecular flexibility index (Phi) is 8.69. The van der Waals surface area contributed by atoms with Crippen molar-refractivity contribution in [2.24, 2.45) is 5.92 Å². The summed E-state index contributed by atoms with van der Waals surface area (Å²) in [7, 11) is 0. The first-order valence-corrected chi connectivity index (χ1v) is 12.5. The van der Waals surface area contributed by atoms with E-state index in [1.807, 2.05) is 43.9 Å². The number of aryl methyl sites for hydroxylation is 1. The number of nitrogens with one attached hydrogen (secondary N) is 3. The zero-order chi connectivity index (χ0) is 24.8. The van der Waals surface area contributed by atoms with Crippen LogP contribution in [0.3, 0.4) is 0 Å². The second kappa shape index (κ2) is 11.5. The van der Waals surface area contributed by atoms with Crippen LogP contribution < -0.4 is 10.6 Å². The van der Waals surface area contributed by atoms with Crippen molar-refractivity contribution in [2.75, 3.05) is 6.54 Å². The van der Waals surface area contributed by atoms with Gasteiger partial charge in [-0.2, -0.15) is 0 Å². The second-order valence-corrected chi connectivity index (χ2v) is 10.0. The number of hydrogen-bond acceptors (Lipinski definition) is 4. The number of carbonyl (C=O) groups excluding carboxylic acids is 3. The molecular weight excluding hydrogens is 430 g/mol. The van der Waals surface area contributed by atoms with Gasteiger partial charge in [0.05, 0.1) is 23.5 Å². The molecule has 3 atom stereocenters. The Morgan fingerprint density at radius 3 is 2.62 bits per heavy atom. The van der Waals surface area contributed by atoms with Crippen LogP contribution in [-0.2, 0) is 14.4 Å². The Bertz CT molecular complexity index is 1020. The molecule has 0 unspecified atom stereocenters. The molecule has 1 saturated heterocycles. The molecule has 34 heavy (non-hydrogen) atoms. The molecule has 1 aromatic heterocycles. The average Bonchev–Trinajstić information content (AvgIpc) is 3.23. The Balaban J connectivity index is 1.71. The highest BCUT2D eigenvalue weighted by atomic mass is 16.2. The molecule has 186 valence electrons. The van der Waals surface area contributed by atoms with Crippen molar-refractivity contribution in [1.82, 2.24) is 25.5 Å². The van der Waals surface area contributed by atoms with Gasteiger partial charge in [0.2, 0.25) is 17.7 Å². The lowest BCUT2D eigenvalue weighted by Crippen LogP contribution is -2.51. The van der Waals surface area contributed by atoms with Crippen molar-refractivity contribution in [2.45, 2.75) is 91.3 Å². The third kappa shape index (κ3) is 6.58. The van der Waals surface area contributed by atoms with Crippen LogP contribution >= 0.6 is 0 Å². The summed E-state index contributed by atoms with van der Waals surface area (Å²) >= 11 is 0. The fourth-order valence-electron chi connectivity index (χ4n) is 4.44. The van der Waals surface area contributed by atoms with Crippen LogP contribution in [0.1, 0.15) is 83.6 Å². The van der Waals surface area contributed by atoms with Gasteiger partial charge in [-0.05, 0) is 64.0 Å². The number of hydrogen-bond donors (Lipinski definition) is 3. The number of imidazole rings is 1. The van der Waals surface area contributed by atoms with Crippen LogP contribution in [0.15, 0.2) is 18.2 Å². The molecule has 1 aliphatic rings. The lowest BCUT2D eigenvalue weighted by Gasteiger charge is -2.34. The number of para-hydroxylation sites is 1. The molecule has 1 aliphatic heterocycles. The molecule has 0 saturated carbocycles. The van der Waals surface area contributed by atoms with E-state index >= 15 is 0 Å². The molecule has 3 rings (SSSR count). The van der Waals surface area contributed by atoms with Crippen molar-refractivity contribution in [3.05, 3.63) is 29.6 Å². The second-order valence-electron chi connectivity index (χ2n) is 10.0. The molecule has 0 spiro atoms. The lowest BCUT2D eigenvalue weighted by atomic mass is 10.0. The minimum Gasteiger partial charge on any atom is -0.345 e. The Hall–Kier alpha value is -2.90. The number of likely N-dealkylation sites (tertiary alicyclic amines) is 1. The van der Waals surface area contributed by atoms with E-state index in [1.54, 1.807) is 0 Å². The third-order valence-electron chi connectivity index (χ3n) is 6.60. The van der Waals surface area contributed by atoms with Gasteiger partial charge >= 0.3 is 0 Å². The number of nitrogens with zero attached hydrogens (tertiary/aromatic N) is 2. The summed E-state index contributed by atoms with van der Waals surface area (Å²) in [5.41, 5.74) is 2.82. The molecule has 0 radical (unpaired) electrons. The summed E-state index contributed by atoms with van der Waals surface area (Å²) in [6.45, 7) is 10.7. The topological polar surface area (TPSA) is 107 Å². The van der Waals surface area contributed by atoms with Gasteiger partial charge in [0.15, 0.2) is 0 Å². The molecule has 1 aromatic carbocycles. The van der Waals surface area contributed by atoms with Crippen molar-refractivity contribution < 1.29 is 14.4 Å². The minimum absolute atomic E-state index is 0.0461. The van der Waals surface area contributed by atoms with Crippen LogP contribution in [0.25, 0.3) is 11.0 Å². The molecule has 3 amide bonds. The van der Waals surface area contributed by atoms with Crippen LogP contribution in [0.2, 0.25) is 0 Å². The highest BCUT2D eigenvalue weighted by molar-refractivity contribution is 5.92. The minimum atomic E-state index is -0.921. The zero-order valence-corrected chi connectivity index (χ0v) is 21.1. The summed E-state index contributed by atoms with van der Waals surface area (Å²) in [5.74, 6) is 0.341. The zero-order valence-electron chi connectivity index (χ0n) is 21.1. The van der Waals surface area contributed by atoms with E-state index in [0.29, 0.717) is 24.7 Å². The van der Waals surface area contributed by atoms with Crippen LogP contribution in [0.4, 0.5) is 0 Å². The monoisotopic (exact) mass is 469 g/mol. The largest absolute Gasteiger partial charge is 0.345 e. The van der Waals surface area contributed by atoms with Gasteiger partial charge in [0.25, 0.3) is 0 Å². The van der Waals surface area contributed by atoms with Gasteiger partial charge in [-0.15, -0.1) is 0 Å². The van der Waals surface area contributed by atoms with E-state index in [-0.39, 0.29) is 30.2 Å². The van der Waals surface area contributed by atoms with Crippen LogP contribution in [0.5, 0.6) is 0 Å². The van der Waals surface area contributed by atoms with Gasteiger partial charge < -0.3 is 20.5 Å². The van der Waals surface area contributed by atoms with Gasteiger partial charge in [-0.25, -0.2) is 4.98 Å². The van der Waals surface area contributed by atoms with Crippen molar-refractivity contribution >= 4 is 28.8 Å².